The van der Waals surface area contributed by atoms with E-state index in [1.165, 1.54) is 0 Å². The Hall–Kier alpha value is -0.560. The Morgan fingerprint density at radius 2 is 1.79 bits per heavy atom. The average molecular weight is 308 g/mol. The molecule has 3 N–H and O–H groups in total. The molecule has 0 aromatic carbocycles. The van der Waals surface area contributed by atoms with Crippen molar-refractivity contribution in [3.63, 3.8) is 0 Å². The maximum atomic E-state index is 11.5. The number of rotatable bonds is 11. The third-order valence-electron chi connectivity index (χ3n) is 2.52. The summed E-state index contributed by atoms with van der Waals surface area (Å²) >= 11 is 3.38. The molecule has 0 aliphatic heterocycles. The summed E-state index contributed by atoms with van der Waals surface area (Å²) in [6.07, 6.45) is 7.58. The zero-order valence-corrected chi connectivity index (χ0v) is 13.2. The fourth-order valence-corrected chi connectivity index (χ4v) is 2.42. The third kappa shape index (κ3) is 11.0. The number of hydrogen-bond acceptors (Lipinski definition) is 4. The van der Waals surface area contributed by atoms with Gasteiger partial charge in [0.25, 0.3) is 0 Å². The van der Waals surface area contributed by atoms with Gasteiger partial charge in [-0.1, -0.05) is 6.42 Å². The van der Waals surface area contributed by atoms with Gasteiger partial charge in [0.05, 0.1) is 0 Å². The Bertz CT molecular complexity index is 265. The molecule has 1 unspecified atom stereocenters. The predicted octanol–water partition coefficient (Wildman–Crippen LogP) is 2.03. The molecule has 1 atom stereocenters. The molecule has 0 heterocycles. The first kappa shape index (κ1) is 18.4. The van der Waals surface area contributed by atoms with Gasteiger partial charge in [0.1, 0.15) is 6.04 Å². The van der Waals surface area contributed by atoms with Crippen molar-refractivity contribution in [1.29, 1.82) is 0 Å². The standard InChI is InChI=1S/C12H24N2O3S2/c1-18-8-5-3-4-7-13-12(17)14-10(11(15)16)6-9-19-2/h10H,3-9H2,1-2H3,(H,15,16)(H2,13,14,17). The molecule has 0 saturated heterocycles. The first-order chi connectivity index (χ1) is 9.11. The van der Waals surface area contributed by atoms with E-state index in [1.54, 1.807) is 11.8 Å². The Morgan fingerprint density at radius 1 is 1.11 bits per heavy atom. The number of carboxylic acid groups (broad SMARTS) is 1. The van der Waals surface area contributed by atoms with E-state index >= 15 is 0 Å². The molecule has 19 heavy (non-hydrogen) atoms. The number of urea groups is 1. The fourth-order valence-electron chi connectivity index (χ4n) is 1.45. The maximum absolute atomic E-state index is 11.5. The van der Waals surface area contributed by atoms with Gasteiger partial charge in [-0.25, -0.2) is 9.59 Å². The normalized spacial score (nSPS) is 11.9. The molecule has 0 saturated carbocycles. The van der Waals surface area contributed by atoms with Crippen LogP contribution in [0.4, 0.5) is 4.79 Å². The minimum atomic E-state index is -0.982. The van der Waals surface area contributed by atoms with Crippen LogP contribution in [-0.4, -0.2) is 53.7 Å². The van der Waals surface area contributed by atoms with Gasteiger partial charge in [-0.15, -0.1) is 0 Å². The number of nitrogens with one attached hydrogen (secondary N) is 2. The first-order valence-electron chi connectivity index (χ1n) is 6.36. The lowest BCUT2D eigenvalue weighted by atomic mass is 10.2. The topological polar surface area (TPSA) is 78.4 Å². The average Bonchev–Trinajstić information content (AvgIpc) is 2.38. The van der Waals surface area contributed by atoms with Gasteiger partial charge in [0, 0.05) is 6.54 Å². The van der Waals surface area contributed by atoms with Crippen molar-refractivity contribution >= 4 is 35.5 Å². The summed E-state index contributed by atoms with van der Waals surface area (Å²) in [7, 11) is 0. The van der Waals surface area contributed by atoms with E-state index in [2.05, 4.69) is 16.9 Å². The molecule has 0 spiro atoms. The van der Waals surface area contributed by atoms with E-state index in [-0.39, 0.29) is 0 Å². The first-order valence-corrected chi connectivity index (χ1v) is 9.15. The summed E-state index contributed by atoms with van der Waals surface area (Å²) in [6.45, 7) is 0.592. The highest BCUT2D eigenvalue weighted by molar-refractivity contribution is 7.98. The van der Waals surface area contributed by atoms with Crippen LogP contribution in [0.2, 0.25) is 0 Å². The Morgan fingerprint density at radius 3 is 2.37 bits per heavy atom. The molecule has 112 valence electrons. The molecule has 2 amide bonds. The summed E-state index contributed by atoms with van der Waals surface area (Å²) in [4.78, 5) is 22.4. The monoisotopic (exact) mass is 308 g/mol. The van der Waals surface area contributed by atoms with Crippen LogP contribution in [0.25, 0.3) is 0 Å². The van der Waals surface area contributed by atoms with E-state index in [0.29, 0.717) is 18.7 Å². The number of hydrogen-bond donors (Lipinski definition) is 3. The van der Waals surface area contributed by atoms with Crippen LogP contribution in [0, 0.1) is 0 Å². The number of aliphatic carboxylic acids is 1. The fraction of sp³-hybridized carbons (Fsp3) is 0.833. The smallest absolute Gasteiger partial charge is 0.326 e. The Labute approximate surface area is 123 Å². The quantitative estimate of drug-likeness (QED) is 0.509. The predicted molar refractivity (Wildman–Crippen MR) is 83.2 cm³/mol. The lowest BCUT2D eigenvalue weighted by molar-refractivity contribution is -0.139. The van der Waals surface area contributed by atoms with E-state index in [1.807, 2.05) is 18.0 Å². The molecule has 0 radical (unpaired) electrons. The van der Waals surface area contributed by atoms with E-state index in [4.69, 9.17) is 5.11 Å². The second-order valence-corrected chi connectivity index (χ2v) is 6.10. The van der Waals surface area contributed by atoms with Crippen molar-refractivity contribution in [2.75, 3.05) is 30.6 Å². The van der Waals surface area contributed by atoms with Crippen LogP contribution < -0.4 is 10.6 Å². The van der Waals surface area contributed by atoms with Gasteiger partial charge in [-0.05, 0) is 43.3 Å². The molecular weight excluding hydrogens is 284 g/mol. The molecular formula is C12H24N2O3S2. The lowest BCUT2D eigenvalue weighted by Crippen LogP contribution is -2.46. The van der Waals surface area contributed by atoms with Gasteiger partial charge in [-0.2, -0.15) is 23.5 Å². The molecule has 0 fully saturated rings. The van der Waals surface area contributed by atoms with Crippen LogP contribution in [0.3, 0.4) is 0 Å². The molecule has 0 aliphatic carbocycles. The van der Waals surface area contributed by atoms with Crippen molar-refractivity contribution in [1.82, 2.24) is 10.6 Å². The number of carbonyl (C=O) groups is 2. The van der Waals surface area contributed by atoms with Gasteiger partial charge in [-0.3, -0.25) is 0 Å². The second-order valence-electron chi connectivity index (χ2n) is 4.13. The van der Waals surface area contributed by atoms with E-state index in [9.17, 15) is 9.59 Å². The molecule has 0 aromatic rings. The second kappa shape index (κ2) is 12.5. The molecule has 0 rings (SSSR count). The van der Waals surface area contributed by atoms with Crippen LogP contribution in [0.1, 0.15) is 25.7 Å². The largest absolute Gasteiger partial charge is 0.480 e. The molecule has 0 aromatic heterocycles. The number of amides is 2. The van der Waals surface area contributed by atoms with Gasteiger partial charge in [0.2, 0.25) is 0 Å². The van der Waals surface area contributed by atoms with Crippen molar-refractivity contribution in [2.45, 2.75) is 31.7 Å². The highest BCUT2D eigenvalue weighted by atomic mass is 32.2. The summed E-state index contributed by atoms with van der Waals surface area (Å²) in [5, 5.41) is 14.1. The van der Waals surface area contributed by atoms with Crippen molar-refractivity contribution in [2.24, 2.45) is 0 Å². The zero-order valence-electron chi connectivity index (χ0n) is 11.6. The molecule has 7 heteroatoms. The summed E-state index contributed by atoms with van der Waals surface area (Å²) in [5.74, 6) is 0.873. The van der Waals surface area contributed by atoms with Crippen molar-refractivity contribution in [3.8, 4) is 0 Å². The molecule has 5 nitrogen and oxygen atoms in total. The SMILES string of the molecule is CSCCCCCNC(=O)NC(CCSC)C(=O)O. The third-order valence-corrected chi connectivity index (χ3v) is 3.87. The number of carbonyl (C=O) groups excluding carboxylic acids is 1. The van der Waals surface area contributed by atoms with Gasteiger partial charge >= 0.3 is 12.0 Å². The van der Waals surface area contributed by atoms with Gasteiger partial charge in [0.15, 0.2) is 0 Å². The van der Waals surface area contributed by atoms with E-state index < -0.39 is 18.0 Å². The minimum absolute atomic E-state index is 0.390. The van der Waals surface area contributed by atoms with Crippen LogP contribution in [0.15, 0.2) is 0 Å². The molecule has 0 bridgehead atoms. The summed E-state index contributed by atoms with van der Waals surface area (Å²) in [6, 6.07) is -1.19. The van der Waals surface area contributed by atoms with Crippen molar-refractivity contribution in [3.05, 3.63) is 0 Å². The Kier molecular flexibility index (Phi) is 12.1. The number of thioether (sulfide) groups is 2. The minimum Gasteiger partial charge on any atom is -0.480 e. The van der Waals surface area contributed by atoms with Crippen molar-refractivity contribution < 1.29 is 14.7 Å². The highest BCUT2D eigenvalue weighted by Crippen LogP contribution is 2.02. The lowest BCUT2D eigenvalue weighted by Gasteiger charge is -2.14. The summed E-state index contributed by atoms with van der Waals surface area (Å²) in [5.41, 5.74) is 0. The number of carboxylic acids is 1. The van der Waals surface area contributed by atoms with Crippen LogP contribution in [-0.2, 0) is 4.79 Å². The molecule has 0 aliphatic rings. The maximum Gasteiger partial charge on any atom is 0.326 e. The van der Waals surface area contributed by atoms with Crippen LogP contribution in [0.5, 0.6) is 0 Å². The highest BCUT2D eigenvalue weighted by Gasteiger charge is 2.18. The zero-order chi connectivity index (χ0) is 14.5. The van der Waals surface area contributed by atoms with Gasteiger partial charge < -0.3 is 15.7 Å². The van der Waals surface area contributed by atoms with Crippen LogP contribution >= 0.6 is 23.5 Å². The van der Waals surface area contributed by atoms with E-state index in [0.717, 1.165) is 25.0 Å². The number of unbranched alkanes of at least 4 members (excludes halogenated alkanes) is 2. The summed E-state index contributed by atoms with van der Waals surface area (Å²) < 4.78 is 0. The Balaban J connectivity index is 3.71.